The van der Waals surface area contributed by atoms with Gasteiger partial charge < -0.3 is 21.6 Å². The van der Waals surface area contributed by atoms with E-state index in [1.54, 1.807) is 6.92 Å². The van der Waals surface area contributed by atoms with Crippen molar-refractivity contribution < 1.29 is 26.4 Å². The van der Waals surface area contributed by atoms with Crippen LogP contribution in [0.1, 0.15) is 27.2 Å². The van der Waals surface area contributed by atoms with Crippen LogP contribution in [0.3, 0.4) is 0 Å². The first-order valence-electron chi connectivity index (χ1n) is 5.61. The number of hydrogen-bond acceptors (Lipinski definition) is 2. The minimum absolute atomic E-state index is 0. The molecule has 0 heterocycles. The molecule has 0 saturated heterocycles. The zero-order valence-corrected chi connectivity index (χ0v) is 11.6. The number of rotatable bonds is 7. The van der Waals surface area contributed by atoms with E-state index in [0.29, 0.717) is 12.2 Å². The lowest BCUT2D eigenvalue weighted by Gasteiger charge is -2.31. The first-order chi connectivity index (χ1) is 6.95. The highest BCUT2D eigenvalue weighted by atomic mass is 35.5. The molecule has 3 nitrogen and oxygen atoms in total. The summed E-state index contributed by atoms with van der Waals surface area (Å²) in [6.07, 6.45) is 0.914. The number of hydrogen-bond donors (Lipinski definition) is 0. The number of halogens is 1. The van der Waals surface area contributed by atoms with Crippen LogP contribution in [0.15, 0.2) is 12.2 Å². The van der Waals surface area contributed by atoms with Crippen molar-refractivity contribution in [1.29, 1.82) is 0 Å². The van der Waals surface area contributed by atoms with Gasteiger partial charge in [-0.1, -0.05) is 6.58 Å². The fourth-order valence-electron chi connectivity index (χ4n) is 1.27. The number of carbonyl (C=O) groups is 1. The average molecular weight is 250 g/mol. The summed E-state index contributed by atoms with van der Waals surface area (Å²) in [4.78, 5) is 11.1. The van der Waals surface area contributed by atoms with Gasteiger partial charge in [0, 0.05) is 12.0 Å². The third-order valence-electron chi connectivity index (χ3n) is 2.95. The molecule has 0 aromatic carbocycles. The van der Waals surface area contributed by atoms with Gasteiger partial charge >= 0.3 is 5.97 Å². The standard InChI is InChI=1S/C12H24NO2.ClH/c1-6-13(5,7-2)9-8-10-15-12(14)11(3)4;/h3,6-10H2,1-2,4-5H3;1H/q+1;/p-1. The molecule has 0 aliphatic rings. The number of ether oxygens (including phenoxy) is 1. The van der Waals surface area contributed by atoms with E-state index in [2.05, 4.69) is 27.5 Å². The monoisotopic (exact) mass is 249 g/mol. The molecule has 0 saturated carbocycles. The van der Waals surface area contributed by atoms with Gasteiger partial charge in [0.15, 0.2) is 0 Å². The molecule has 0 atom stereocenters. The summed E-state index contributed by atoms with van der Waals surface area (Å²) < 4.78 is 6.07. The van der Waals surface area contributed by atoms with Crippen molar-refractivity contribution in [3.8, 4) is 0 Å². The van der Waals surface area contributed by atoms with Crippen molar-refractivity contribution in [3.63, 3.8) is 0 Å². The second-order valence-electron chi connectivity index (χ2n) is 4.25. The molecular weight excluding hydrogens is 226 g/mol. The summed E-state index contributed by atoms with van der Waals surface area (Å²) in [5.74, 6) is -0.280. The highest BCUT2D eigenvalue weighted by molar-refractivity contribution is 5.86. The fourth-order valence-corrected chi connectivity index (χ4v) is 1.27. The molecule has 0 radical (unpaired) electrons. The van der Waals surface area contributed by atoms with Gasteiger partial charge in [-0.05, 0) is 20.8 Å². The maximum Gasteiger partial charge on any atom is 0.333 e. The van der Waals surface area contributed by atoms with Crippen molar-refractivity contribution in [2.45, 2.75) is 27.2 Å². The Labute approximate surface area is 105 Å². The van der Waals surface area contributed by atoms with E-state index in [-0.39, 0.29) is 18.4 Å². The zero-order valence-electron chi connectivity index (χ0n) is 10.9. The molecule has 0 bridgehead atoms. The summed E-state index contributed by atoms with van der Waals surface area (Å²) in [6.45, 7) is 13.4. The fraction of sp³-hybridized carbons (Fsp3) is 0.750. The molecule has 0 N–H and O–H groups in total. The molecule has 16 heavy (non-hydrogen) atoms. The zero-order chi connectivity index (χ0) is 11.9. The molecule has 0 aromatic heterocycles. The van der Waals surface area contributed by atoms with E-state index >= 15 is 0 Å². The Balaban J connectivity index is 0. The number of quaternary nitrogens is 1. The SMILES string of the molecule is C=C(C)C(=O)OCCC[N+](C)(CC)CC.[Cl-]. The Bertz CT molecular complexity index is 225. The maximum absolute atomic E-state index is 11.1. The van der Waals surface area contributed by atoms with Gasteiger partial charge in [0.2, 0.25) is 0 Å². The van der Waals surface area contributed by atoms with E-state index in [4.69, 9.17) is 4.74 Å². The molecule has 0 rings (SSSR count). The van der Waals surface area contributed by atoms with Gasteiger partial charge in [0.05, 0.1) is 33.3 Å². The predicted octanol–water partition coefficient (Wildman–Crippen LogP) is -1.01. The molecule has 0 aromatic rings. The highest BCUT2D eigenvalue weighted by Gasteiger charge is 2.15. The van der Waals surface area contributed by atoms with Crippen molar-refractivity contribution in [2.24, 2.45) is 0 Å². The van der Waals surface area contributed by atoms with Crippen LogP contribution in [0.5, 0.6) is 0 Å². The van der Waals surface area contributed by atoms with Crippen LogP contribution in [0.2, 0.25) is 0 Å². The Morgan fingerprint density at radius 1 is 1.31 bits per heavy atom. The predicted molar refractivity (Wildman–Crippen MR) is 62.5 cm³/mol. The minimum Gasteiger partial charge on any atom is -1.00 e. The molecular formula is C12H24ClNO2. The normalized spacial score (nSPS) is 10.5. The molecule has 0 amide bonds. The quantitative estimate of drug-likeness (QED) is 0.250. The molecule has 0 spiro atoms. The van der Waals surface area contributed by atoms with Crippen molar-refractivity contribution >= 4 is 5.97 Å². The van der Waals surface area contributed by atoms with E-state index in [9.17, 15) is 4.79 Å². The molecule has 4 heteroatoms. The number of nitrogens with zero attached hydrogens (tertiary/aromatic N) is 1. The van der Waals surface area contributed by atoms with Gasteiger partial charge in [-0.15, -0.1) is 0 Å². The third-order valence-corrected chi connectivity index (χ3v) is 2.95. The third kappa shape index (κ3) is 6.85. The smallest absolute Gasteiger partial charge is 0.333 e. The second-order valence-corrected chi connectivity index (χ2v) is 4.25. The van der Waals surface area contributed by atoms with Crippen LogP contribution in [0.4, 0.5) is 0 Å². The topological polar surface area (TPSA) is 26.3 Å². The second kappa shape index (κ2) is 8.59. The Morgan fingerprint density at radius 3 is 2.19 bits per heavy atom. The van der Waals surface area contributed by atoms with Gasteiger partial charge in [-0.2, -0.15) is 0 Å². The first kappa shape index (κ1) is 17.8. The van der Waals surface area contributed by atoms with E-state index in [1.165, 1.54) is 0 Å². The lowest BCUT2D eigenvalue weighted by molar-refractivity contribution is -0.906. The molecule has 0 unspecified atom stereocenters. The van der Waals surface area contributed by atoms with E-state index in [1.807, 2.05) is 0 Å². The lowest BCUT2D eigenvalue weighted by Crippen LogP contribution is -3.00. The van der Waals surface area contributed by atoms with E-state index in [0.717, 1.165) is 30.5 Å². The van der Waals surface area contributed by atoms with E-state index < -0.39 is 0 Å². The summed E-state index contributed by atoms with van der Waals surface area (Å²) in [7, 11) is 2.22. The molecule has 0 aliphatic carbocycles. The average Bonchev–Trinajstić information content (AvgIpc) is 2.23. The maximum atomic E-state index is 11.1. The minimum atomic E-state index is -0.280. The van der Waals surface area contributed by atoms with Gasteiger partial charge in [0.25, 0.3) is 0 Å². The molecule has 96 valence electrons. The highest BCUT2D eigenvalue weighted by Crippen LogP contribution is 2.03. The summed E-state index contributed by atoms with van der Waals surface area (Å²) in [6, 6.07) is 0. The van der Waals surface area contributed by atoms with Crippen molar-refractivity contribution in [2.75, 3.05) is 33.3 Å². The summed E-state index contributed by atoms with van der Waals surface area (Å²) >= 11 is 0. The number of esters is 1. The molecule has 0 fully saturated rings. The molecule has 0 aliphatic heterocycles. The summed E-state index contributed by atoms with van der Waals surface area (Å²) in [5.41, 5.74) is 0.471. The Morgan fingerprint density at radius 2 is 1.81 bits per heavy atom. The van der Waals surface area contributed by atoms with Crippen LogP contribution < -0.4 is 12.4 Å². The Hall–Kier alpha value is -0.540. The summed E-state index contributed by atoms with van der Waals surface area (Å²) in [5, 5.41) is 0. The first-order valence-corrected chi connectivity index (χ1v) is 5.61. The largest absolute Gasteiger partial charge is 1.00 e. The van der Waals surface area contributed by atoms with Crippen LogP contribution in [0.25, 0.3) is 0 Å². The Kier molecular flexibility index (Phi) is 9.58. The van der Waals surface area contributed by atoms with Crippen LogP contribution in [-0.2, 0) is 9.53 Å². The number of carbonyl (C=O) groups excluding carboxylic acids is 1. The van der Waals surface area contributed by atoms with Crippen molar-refractivity contribution in [1.82, 2.24) is 0 Å². The van der Waals surface area contributed by atoms with Gasteiger partial charge in [-0.3, -0.25) is 0 Å². The van der Waals surface area contributed by atoms with Crippen LogP contribution in [-0.4, -0.2) is 43.7 Å². The lowest BCUT2D eigenvalue weighted by atomic mass is 10.3. The van der Waals surface area contributed by atoms with Gasteiger partial charge in [0.1, 0.15) is 0 Å². The van der Waals surface area contributed by atoms with Gasteiger partial charge in [-0.25, -0.2) is 4.79 Å². The van der Waals surface area contributed by atoms with Crippen LogP contribution >= 0.6 is 0 Å². The van der Waals surface area contributed by atoms with Crippen LogP contribution in [0, 0.1) is 0 Å². The van der Waals surface area contributed by atoms with Crippen molar-refractivity contribution in [3.05, 3.63) is 12.2 Å².